The van der Waals surface area contributed by atoms with E-state index in [0.29, 0.717) is 6.54 Å². The van der Waals surface area contributed by atoms with E-state index in [4.69, 9.17) is 0 Å². The minimum atomic E-state index is -0.179. The van der Waals surface area contributed by atoms with Crippen molar-refractivity contribution in [2.75, 3.05) is 13.1 Å². The topological polar surface area (TPSA) is 58.2 Å². The molecule has 23 heavy (non-hydrogen) atoms. The van der Waals surface area contributed by atoms with Gasteiger partial charge in [-0.15, -0.1) is 0 Å². The van der Waals surface area contributed by atoms with Gasteiger partial charge in [0.2, 0.25) is 11.8 Å². The Morgan fingerprint density at radius 2 is 1.57 bits per heavy atom. The third-order valence-electron chi connectivity index (χ3n) is 3.33. The summed E-state index contributed by atoms with van der Waals surface area (Å²) in [5, 5.41) is 5.43. The maximum Gasteiger partial charge on any atom is 0.239 e. The van der Waals surface area contributed by atoms with E-state index < -0.39 is 0 Å². The van der Waals surface area contributed by atoms with E-state index in [0.717, 1.165) is 16.5 Å². The summed E-state index contributed by atoms with van der Waals surface area (Å²) >= 11 is 3.40. The van der Waals surface area contributed by atoms with Crippen molar-refractivity contribution in [3.63, 3.8) is 0 Å². The Balaban J connectivity index is 1.66. The number of hydrogen-bond acceptors (Lipinski definition) is 2. The predicted octanol–water partition coefficient (Wildman–Crippen LogP) is 2.47. The molecule has 0 atom stereocenters. The first-order valence-electron chi connectivity index (χ1n) is 7.46. The average Bonchev–Trinajstić information content (AvgIpc) is 2.56. The Morgan fingerprint density at radius 1 is 0.870 bits per heavy atom. The molecule has 0 saturated heterocycles. The van der Waals surface area contributed by atoms with E-state index in [2.05, 4.69) is 26.6 Å². The van der Waals surface area contributed by atoms with Gasteiger partial charge < -0.3 is 10.6 Å². The number of nitrogens with one attached hydrogen (secondary N) is 2. The van der Waals surface area contributed by atoms with Crippen LogP contribution in [0.1, 0.15) is 11.1 Å². The van der Waals surface area contributed by atoms with Gasteiger partial charge in [0.1, 0.15) is 0 Å². The molecule has 0 saturated carbocycles. The highest BCUT2D eigenvalue weighted by Crippen LogP contribution is 2.15. The van der Waals surface area contributed by atoms with E-state index in [1.54, 1.807) is 0 Å². The number of carbonyl (C=O) groups is 2. The zero-order chi connectivity index (χ0) is 16.5. The Kier molecular flexibility index (Phi) is 6.81. The molecule has 0 aliphatic rings. The van der Waals surface area contributed by atoms with E-state index in [-0.39, 0.29) is 24.8 Å². The summed E-state index contributed by atoms with van der Waals surface area (Å²) in [4.78, 5) is 23.6. The van der Waals surface area contributed by atoms with Gasteiger partial charge in [-0.25, -0.2) is 0 Å². The first kappa shape index (κ1) is 17.2. The molecule has 0 unspecified atom stereocenters. The van der Waals surface area contributed by atoms with Gasteiger partial charge in [-0.3, -0.25) is 9.59 Å². The Labute approximate surface area is 144 Å². The van der Waals surface area contributed by atoms with Crippen molar-refractivity contribution in [2.45, 2.75) is 12.8 Å². The second kappa shape index (κ2) is 9.10. The lowest BCUT2D eigenvalue weighted by atomic mass is 10.1. The summed E-state index contributed by atoms with van der Waals surface area (Å²) in [6.07, 6.45) is 1.02. The predicted molar refractivity (Wildman–Crippen MR) is 94.0 cm³/mol. The smallest absolute Gasteiger partial charge is 0.239 e. The number of amides is 2. The van der Waals surface area contributed by atoms with Crippen LogP contribution in [0.15, 0.2) is 59.1 Å². The fourth-order valence-corrected chi connectivity index (χ4v) is 2.53. The third kappa shape index (κ3) is 6.24. The van der Waals surface area contributed by atoms with E-state index in [1.165, 1.54) is 5.56 Å². The van der Waals surface area contributed by atoms with Gasteiger partial charge in [0.05, 0.1) is 13.0 Å². The highest BCUT2D eigenvalue weighted by atomic mass is 79.9. The summed E-state index contributed by atoms with van der Waals surface area (Å²) in [5.74, 6) is -0.350. The van der Waals surface area contributed by atoms with Crippen molar-refractivity contribution in [1.82, 2.24) is 10.6 Å². The quantitative estimate of drug-likeness (QED) is 0.781. The van der Waals surface area contributed by atoms with Gasteiger partial charge in [0.25, 0.3) is 0 Å². The van der Waals surface area contributed by atoms with E-state index in [1.807, 2.05) is 54.6 Å². The molecule has 2 aromatic rings. The summed E-state index contributed by atoms with van der Waals surface area (Å²) in [6.45, 7) is 0.557. The second-order valence-corrected chi connectivity index (χ2v) is 5.98. The summed E-state index contributed by atoms with van der Waals surface area (Å²) in [7, 11) is 0. The molecule has 2 aromatic carbocycles. The third-order valence-corrected chi connectivity index (χ3v) is 4.11. The molecular formula is C18H19BrN2O2. The Morgan fingerprint density at radius 3 is 2.30 bits per heavy atom. The fraction of sp³-hybridized carbons (Fsp3) is 0.222. The van der Waals surface area contributed by atoms with E-state index >= 15 is 0 Å². The number of hydrogen-bond donors (Lipinski definition) is 2. The van der Waals surface area contributed by atoms with Gasteiger partial charge >= 0.3 is 0 Å². The summed E-state index contributed by atoms with van der Waals surface area (Å²) in [6, 6.07) is 17.5. The van der Waals surface area contributed by atoms with Gasteiger partial charge in [0, 0.05) is 11.0 Å². The highest BCUT2D eigenvalue weighted by Gasteiger charge is 2.08. The van der Waals surface area contributed by atoms with Gasteiger partial charge in [-0.05, 0) is 23.6 Å². The Bertz CT molecular complexity index is 659. The molecule has 0 aliphatic carbocycles. The van der Waals surface area contributed by atoms with Crippen LogP contribution < -0.4 is 10.6 Å². The fourth-order valence-electron chi connectivity index (χ4n) is 2.11. The molecule has 2 N–H and O–H groups in total. The van der Waals surface area contributed by atoms with Gasteiger partial charge in [0.15, 0.2) is 0 Å². The maximum atomic E-state index is 11.9. The first-order valence-corrected chi connectivity index (χ1v) is 8.25. The monoisotopic (exact) mass is 374 g/mol. The zero-order valence-electron chi connectivity index (χ0n) is 12.7. The second-order valence-electron chi connectivity index (χ2n) is 5.13. The number of halogens is 1. The van der Waals surface area contributed by atoms with Gasteiger partial charge in [-0.2, -0.15) is 0 Å². The molecule has 120 valence electrons. The molecule has 0 heterocycles. The lowest BCUT2D eigenvalue weighted by Crippen LogP contribution is -2.38. The van der Waals surface area contributed by atoms with Crippen molar-refractivity contribution < 1.29 is 9.59 Å². The molecule has 0 aliphatic heterocycles. The standard InChI is InChI=1S/C18H19BrN2O2/c19-16-9-5-4-8-15(16)12-17(22)21-13-18(23)20-11-10-14-6-2-1-3-7-14/h1-9H,10-13H2,(H,20,23)(H,21,22). The minimum absolute atomic E-state index is 0.00191. The molecule has 2 amide bonds. The lowest BCUT2D eigenvalue weighted by molar-refractivity contribution is -0.125. The first-order chi connectivity index (χ1) is 11.1. The summed E-state index contributed by atoms with van der Waals surface area (Å²) in [5.41, 5.74) is 2.07. The molecule has 5 heteroatoms. The minimum Gasteiger partial charge on any atom is -0.354 e. The molecule has 0 fully saturated rings. The average molecular weight is 375 g/mol. The molecule has 0 bridgehead atoms. The SMILES string of the molecule is O=C(CNC(=O)Cc1ccccc1Br)NCCc1ccccc1. The number of carbonyl (C=O) groups excluding carboxylic acids is 2. The van der Waals surface area contributed by atoms with Crippen molar-refractivity contribution in [3.8, 4) is 0 Å². The van der Waals surface area contributed by atoms with Crippen LogP contribution in [-0.4, -0.2) is 24.9 Å². The van der Waals surface area contributed by atoms with Crippen LogP contribution in [0.5, 0.6) is 0 Å². The van der Waals surface area contributed by atoms with Crippen LogP contribution in [0.2, 0.25) is 0 Å². The highest BCUT2D eigenvalue weighted by molar-refractivity contribution is 9.10. The zero-order valence-corrected chi connectivity index (χ0v) is 14.3. The number of benzene rings is 2. The normalized spacial score (nSPS) is 10.1. The molecule has 0 spiro atoms. The van der Waals surface area contributed by atoms with E-state index in [9.17, 15) is 9.59 Å². The van der Waals surface area contributed by atoms with Gasteiger partial charge in [-0.1, -0.05) is 64.5 Å². The lowest BCUT2D eigenvalue weighted by Gasteiger charge is -2.08. The van der Waals surface area contributed by atoms with Crippen LogP contribution >= 0.6 is 15.9 Å². The van der Waals surface area contributed by atoms with Crippen LogP contribution in [-0.2, 0) is 22.4 Å². The molecule has 2 rings (SSSR count). The van der Waals surface area contributed by atoms with Crippen molar-refractivity contribution in [2.24, 2.45) is 0 Å². The van der Waals surface area contributed by atoms with Crippen LogP contribution in [0.4, 0.5) is 0 Å². The van der Waals surface area contributed by atoms with Crippen LogP contribution in [0.25, 0.3) is 0 Å². The molecule has 0 radical (unpaired) electrons. The molecule has 4 nitrogen and oxygen atoms in total. The van der Waals surface area contributed by atoms with Crippen molar-refractivity contribution >= 4 is 27.7 Å². The van der Waals surface area contributed by atoms with Crippen LogP contribution in [0.3, 0.4) is 0 Å². The van der Waals surface area contributed by atoms with Crippen molar-refractivity contribution in [1.29, 1.82) is 0 Å². The van der Waals surface area contributed by atoms with Crippen LogP contribution in [0, 0.1) is 0 Å². The summed E-state index contributed by atoms with van der Waals surface area (Å²) < 4.78 is 0.891. The Hall–Kier alpha value is -2.14. The number of rotatable bonds is 7. The largest absolute Gasteiger partial charge is 0.354 e. The molecule has 0 aromatic heterocycles. The molecular weight excluding hydrogens is 356 g/mol. The maximum absolute atomic E-state index is 11.9. The van der Waals surface area contributed by atoms with Crippen molar-refractivity contribution in [3.05, 3.63) is 70.2 Å².